The van der Waals surface area contributed by atoms with E-state index in [0.29, 0.717) is 5.75 Å². The van der Waals surface area contributed by atoms with Crippen molar-refractivity contribution >= 4 is 33.1 Å². The summed E-state index contributed by atoms with van der Waals surface area (Å²) >= 11 is 1.64. The summed E-state index contributed by atoms with van der Waals surface area (Å²) in [6.07, 6.45) is 0.978. The number of rotatable bonds is 6. The lowest BCUT2D eigenvalue weighted by molar-refractivity contribution is -0.118. The fourth-order valence-electron chi connectivity index (χ4n) is 2.89. The van der Waals surface area contributed by atoms with Gasteiger partial charge in [-0.3, -0.25) is 4.79 Å². The molecule has 4 rings (SSSR count). The van der Waals surface area contributed by atoms with Crippen LogP contribution in [0, 0.1) is 0 Å². The van der Waals surface area contributed by atoms with Gasteiger partial charge in [0.1, 0.15) is 10.8 Å². The molecule has 0 aliphatic carbocycles. The Morgan fingerprint density at radius 3 is 2.64 bits per heavy atom. The third-order valence-electron chi connectivity index (χ3n) is 4.39. The minimum Gasteiger partial charge on any atom is -0.484 e. The van der Waals surface area contributed by atoms with Crippen LogP contribution in [0.15, 0.2) is 72.8 Å². The monoisotopic (exact) mass is 388 g/mol. The Labute approximate surface area is 167 Å². The number of aromatic nitrogens is 1. The Balaban J connectivity index is 1.41. The zero-order valence-corrected chi connectivity index (χ0v) is 16.3. The van der Waals surface area contributed by atoms with Gasteiger partial charge in [0.25, 0.3) is 5.91 Å². The number of nitrogens with one attached hydrogen (secondary N) is 1. The highest BCUT2D eigenvalue weighted by Gasteiger charge is 2.08. The number of anilines is 1. The number of amides is 1. The van der Waals surface area contributed by atoms with Gasteiger partial charge in [-0.05, 0) is 48.4 Å². The van der Waals surface area contributed by atoms with Crippen LogP contribution in [-0.4, -0.2) is 17.5 Å². The molecule has 0 spiro atoms. The summed E-state index contributed by atoms with van der Waals surface area (Å²) in [6, 6.07) is 23.6. The van der Waals surface area contributed by atoms with Crippen molar-refractivity contribution in [2.75, 3.05) is 11.9 Å². The van der Waals surface area contributed by atoms with E-state index in [1.54, 1.807) is 11.3 Å². The van der Waals surface area contributed by atoms with E-state index in [4.69, 9.17) is 4.74 Å². The average Bonchev–Trinajstić information content (AvgIpc) is 3.17. The molecule has 0 unspecified atom stereocenters. The van der Waals surface area contributed by atoms with Crippen molar-refractivity contribution in [2.45, 2.75) is 13.3 Å². The van der Waals surface area contributed by atoms with E-state index >= 15 is 0 Å². The van der Waals surface area contributed by atoms with Crippen LogP contribution >= 0.6 is 11.3 Å². The second-order valence-electron chi connectivity index (χ2n) is 6.40. The highest BCUT2D eigenvalue weighted by molar-refractivity contribution is 7.21. The van der Waals surface area contributed by atoms with E-state index in [0.717, 1.165) is 32.9 Å². The Morgan fingerprint density at radius 1 is 1.04 bits per heavy atom. The van der Waals surface area contributed by atoms with Crippen molar-refractivity contribution < 1.29 is 9.53 Å². The number of benzene rings is 3. The van der Waals surface area contributed by atoms with Crippen molar-refractivity contribution in [2.24, 2.45) is 0 Å². The summed E-state index contributed by atoms with van der Waals surface area (Å²) in [5.74, 6) is 0.497. The van der Waals surface area contributed by atoms with Crippen LogP contribution in [0.5, 0.6) is 5.75 Å². The number of fused-ring (bicyclic) bond motifs is 1. The number of aryl methyl sites for hydroxylation is 1. The molecule has 1 N–H and O–H groups in total. The van der Waals surface area contributed by atoms with Gasteiger partial charge in [0.15, 0.2) is 6.61 Å². The van der Waals surface area contributed by atoms with Crippen LogP contribution in [0.2, 0.25) is 0 Å². The van der Waals surface area contributed by atoms with Gasteiger partial charge in [0.2, 0.25) is 0 Å². The summed E-state index contributed by atoms with van der Waals surface area (Å²) in [5.41, 5.74) is 3.93. The van der Waals surface area contributed by atoms with E-state index < -0.39 is 0 Å². The molecule has 0 aliphatic heterocycles. The number of thiazole rings is 1. The molecule has 4 nitrogen and oxygen atoms in total. The van der Waals surface area contributed by atoms with Crippen LogP contribution in [0.1, 0.15) is 12.5 Å². The van der Waals surface area contributed by atoms with E-state index in [1.807, 2.05) is 66.7 Å². The SMILES string of the molecule is CCc1ccc(OCC(=O)Nc2cccc(-c3nc4ccccc4s3)c2)cc1. The summed E-state index contributed by atoms with van der Waals surface area (Å²) < 4.78 is 6.72. The molecular weight excluding hydrogens is 368 g/mol. The number of hydrogen-bond acceptors (Lipinski definition) is 4. The highest BCUT2D eigenvalue weighted by atomic mass is 32.1. The maximum atomic E-state index is 12.2. The lowest BCUT2D eigenvalue weighted by atomic mass is 10.2. The number of hydrogen-bond donors (Lipinski definition) is 1. The summed E-state index contributed by atoms with van der Waals surface area (Å²) in [6.45, 7) is 2.07. The van der Waals surface area contributed by atoms with Crippen molar-refractivity contribution in [3.8, 4) is 16.3 Å². The van der Waals surface area contributed by atoms with E-state index in [9.17, 15) is 4.79 Å². The topological polar surface area (TPSA) is 51.2 Å². The van der Waals surface area contributed by atoms with E-state index in [2.05, 4.69) is 23.3 Å². The normalized spacial score (nSPS) is 10.8. The van der Waals surface area contributed by atoms with Crippen molar-refractivity contribution in [1.82, 2.24) is 4.98 Å². The molecule has 1 aromatic heterocycles. The Bertz CT molecular complexity index is 1070. The Hall–Kier alpha value is -3.18. The van der Waals surface area contributed by atoms with Gasteiger partial charge in [-0.15, -0.1) is 11.3 Å². The zero-order valence-electron chi connectivity index (χ0n) is 15.5. The third-order valence-corrected chi connectivity index (χ3v) is 5.47. The largest absolute Gasteiger partial charge is 0.484 e. The molecule has 0 aliphatic rings. The van der Waals surface area contributed by atoms with Crippen LogP contribution in [-0.2, 0) is 11.2 Å². The molecule has 0 bridgehead atoms. The predicted octanol–water partition coefficient (Wildman–Crippen LogP) is 5.54. The van der Waals surface area contributed by atoms with E-state index in [-0.39, 0.29) is 12.5 Å². The van der Waals surface area contributed by atoms with Gasteiger partial charge in [0.05, 0.1) is 10.2 Å². The molecule has 1 amide bonds. The lowest BCUT2D eigenvalue weighted by Gasteiger charge is -2.09. The number of carbonyl (C=O) groups excluding carboxylic acids is 1. The maximum Gasteiger partial charge on any atom is 0.262 e. The first-order valence-electron chi connectivity index (χ1n) is 9.19. The van der Waals surface area contributed by atoms with Gasteiger partial charge in [-0.2, -0.15) is 0 Å². The van der Waals surface area contributed by atoms with Gasteiger partial charge >= 0.3 is 0 Å². The van der Waals surface area contributed by atoms with Crippen molar-refractivity contribution in [3.63, 3.8) is 0 Å². The average molecular weight is 388 g/mol. The van der Waals surface area contributed by atoms with Gasteiger partial charge < -0.3 is 10.1 Å². The van der Waals surface area contributed by atoms with Gasteiger partial charge in [-0.25, -0.2) is 4.98 Å². The van der Waals surface area contributed by atoms with Crippen LogP contribution < -0.4 is 10.1 Å². The van der Waals surface area contributed by atoms with Gasteiger partial charge in [-0.1, -0.05) is 43.3 Å². The third kappa shape index (κ3) is 4.21. The lowest BCUT2D eigenvalue weighted by Crippen LogP contribution is -2.20. The molecule has 4 aromatic rings. The fourth-order valence-corrected chi connectivity index (χ4v) is 3.85. The molecule has 0 radical (unpaired) electrons. The molecule has 0 saturated heterocycles. The number of ether oxygens (including phenoxy) is 1. The highest BCUT2D eigenvalue weighted by Crippen LogP contribution is 2.31. The van der Waals surface area contributed by atoms with Gasteiger partial charge in [0, 0.05) is 11.3 Å². The number of nitrogens with zero attached hydrogens (tertiary/aromatic N) is 1. The molecule has 0 fully saturated rings. The van der Waals surface area contributed by atoms with Crippen LogP contribution in [0.4, 0.5) is 5.69 Å². The van der Waals surface area contributed by atoms with Crippen LogP contribution in [0.25, 0.3) is 20.8 Å². The first-order chi connectivity index (χ1) is 13.7. The van der Waals surface area contributed by atoms with Crippen molar-refractivity contribution in [3.05, 3.63) is 78.4 Å². The number of para-hydroxylation sites is 1. The standard InChI is InChI=1S/C23H20N2O2S/c1-2-16-10-12-19(13-11-16)27-15-22(26)24-18-7-5-6-17(14-18)23-25-20-8-3-4-9-21(20)28-23/h3-14H,2,15H2,1H3,(H,24,26). The zero-order chi connectivity index (χ0) is 19.3. The number of carbonyl (C=O) groups is 1. The van der Waals surface area contributed by atoms with Crippen molar-refractivity contribution in [1.29, 1.82) is 0 Å². The summed E-state index contributed by atoms with van der Waals surface area (Å²) in [5, 5.41) is 3.83. The molecule has 0 saturated carbocycles. The Morgan fingerprint density at radius 2 is 1.86 bits per heavy atom. The second kappa shape index (κ2) is 8.23. The molecule has 28 heavy (non-hydrogen) atoms. The van der Waals surface area contributed by atoms with E-state index in [1.165, 1.54) is 5.56 Å². The minimum atomic E-state index is -0.194. The first kappa shape index (κ1) is 18.2. The minimum absolute atomic E-state index is 0.0309. The quantitative estimate of drug-likeness (QED) is 0.472. The molecule has 3 aromatic carbocycles. The Kier molecular flexibility index (Phi) is 5.35. The smallest absolute Gasteiger partial charge is 0.262 e. The van der Waals surface area contributed by atoms with Crippen LogP contribution in [0.3, 0.4) is 0 Å². The molecule has 5 heteroatoms. The second-order valence-corrected chi connectivity index (χ2v) is 7.43. The predicted molar refractivity (Wildman–Crippen MR) is 115 cm³/mol. The molecule has 1 heterocycles. The summed E-state index contributed by atoms with van der Waals surface area (Å²) in [7, 11) is 0. The maximum absolute atomic E-state index is 12.2. The molecular formula is C23H20N2O2S. The first-order valence-corrected chi connectivity index (χ1v) is 10.0. The summed E-state index contributed by atoms with van der Waals surface area (Å²) in [4.78, 5) is 16.9. The molecule has 140 valence electrons. The molecule has 0 atom stereocenters. The fraction of sp³-hybridized carbons (Fsp3) is 0.130.